The van der Waals surface area contributed by atoms with Gasteiger partial charge in [-0.3, -0.25) is 0 Å². The van der Waals surface area contributed by atoms with Gasteiger partial charge in [-0.05, 0) is 44.8 Å². The quantitative estimate of drug-likeness (QED) is 0.329. The molecule has 0 amide bonds. The van der Waals surface area contributed by atoms with Crippen LogP contribution in [0.3, 0.4) is 0 Å². The summed E-state index contributed by atoms with van der Waals surface area (Å²) in [5.74, 6) is 1.35. The fourth-order valence-electron chi connectivity index (χ4n) is 2.81. The lowest BCUT2D eigenvalue weighted by Gasteiger charge is -2.27. The molecule has 0 aliphatic heterocycles. The summed E-state index contributed by atoms with van der Waals surface area (Å²) in [5, 5.41) is 6.65. The van der Waals surface area contributed by atoms with Crippen molar-refractivity contribution < 1.29 is 9.13 Å². The second-order valence-corrected chi connectivity index (χ2v) is 6.42. The summed E-state index contributed by atoms with van der Waals surface area (Å²) in [6.45, 7) is 3.94. The molecule has 0 bridgehead atoms. The van der Waals surface area contributed by atoms with E-state index < -0.39 is 0 Å². The molecule has 1 atom stereocenters. The number of likely N-dealkylation sites (N-methyl/N-ethyl adjacent to an activating group) is 1. The molecule has 5 nitrogen and oxygen atoms in total. The van der Waals surface area contributed by atoms with Gasteiger partial charge in [0.05, 0.1) is 19.7 Å². The number of guanidine groups is 1. The van der Waals surface area contributed by atoms with Gasteiger partial charge < -0.3 is 20.3 Å². The summed E-state index contributed by atoms with van der Waals surface area (Å²) in [5.41, 5.74) is 2.08. The Balaban J connectivity index is 0.00000392. The van der Waals surface area contributed by atoms with Crippen molar-refractivity contribution in [1.29, 1.82) is 0 Å². The van der Waals surface area contributed by atoms with Crippen molar-refractivity contribution >= 4 is 29.9 Å². The molecule has 0 fully saturated rings. The largest absolute Gasteiger partial charge is 0.496 e. The maximum Gasteiger partial charge on any atom is 0.191 e. The minimum Gasteiger partial charge on any atom is -0.496 e. The first kappa shape index (κ1) is 24.2. The summed E-state index contributed by atoms with van der Waals surface area (Å²) in [6, 6.07) is 14.6. The van der Waals surface area contributed by atoms with Crippen molar-refractivity contribution in [3.63, 3.8) is 0 Å². The smallest absolute Gasteiger partial charge is 0.191 e. The monoisotopic (exact) mass is 500 g/mol. The lowest BCUT2D eigenvalue weighted by Crippen LogP contribution is -2.41. The number of nitrogens with zero attached hydrogens (tertiary/aromatic N) is 2. The zero-order chi connectivity index (χ0) is 19.6. The van der Waals surface area contributed by atoms with Gasteiger partial charge in [-0.2, -0.15) is 0 Å². The molecule has 0 spiro atoms. The molecule has 0 saturated heterocycles. The van der Waals surface area contributed by atoms with Gasteiger partial charge in [-0.15, -0.1) is 24.0 Å². The third kappa shape index (κ3) is 7.27. The van der Waals surface area contributed by atoms with Crippen LogP contribution in [0.5, 0.6) is 5.75 Å². The van der Waals surface area contributed by atoms with E-state index in [0.717, 1.165) is 29.4 Å². The summed E-state index contributed by atoms with van der Waals surface area (Å²) in [4.78, 5) is 6.75. The number of para-hydroxylation sites is 1. The number of ether oxygens (including phenoxy) is 1. The zero-order valence-electron chi connectivity index (χ0n) is 16.9. The first-order valence-electron chi connectivity index (χ1n) is 9.11. The third-order valence-electron chi connectivity index (χ3n) is 4.26. The van der Waals surface area contributed by atoms with Crippen LogP contribution in [0.1, 0.15) is 24.1 Å². The fraction of sp³-hybridized carbons (Fsp3) is 0.381. The molecule has 0 heterocycles. The Morgan fingerprint density at radius 1 is 1.11 bits per heavy atom. The van der Waals surface area contributed by atoms with Crippen LogP contribution in [-0.2, 0) is 6.54 Å². The van der Waals surface area contributed by atoms with Crippen LogP contribution < -0.4 is 15.4 Å². The Kier molecular flexibility index (Phi) is 10.8. The van der Waals surface area contributed by atoms with Crippen LogP contribution in [0.15, 0.2) is 53.5 Å². The summed E-state index contributed by atoms with van der Waals surface area (Å²) in [6.07, 6.45) is 0. The number of hydrogen-bond acceptors (Lipinski definition) is 3. The number of rotatable bonds is 8. The van der Waals surface area contributed by atoms with E-state index in [1.807, 2.05) is 39.2 Å². The molecule has 28 heavy (non-hydrogen) atoms. The Labute approximate surface area is 184 Å². The van der Waals surface area contributed by atoms with Crippen molar-refractivity contribution in [3.05, 3.63) is 65.5 Å². The van der Waals surface area contributed by atoms with Gasteiger partial charge in [0.1, 0.15) is 11.6 Å². The lowest BCUT2D eigenvalue weighted by molar-refractivity contribution is 0.287. The number of benzene rings is 2. The normalized spacial score (nSPS) is 12.3. The van der Waals surface area contributed by atoms with Gasteiger partial charge in [-0.25, -0.2) is 9.38 Å². The molecule has 0 aliphatic carbocycles. The predicted molar refractivity (Wildman–Crippen MR) is 124 cm³/mol. The molecule has 0 saturated carbocycles. The summed E-state index contributed by atoms with van der Waals surface area (Å²) >= 11 is 0. The highest BCUT2D eigenvalue weighted by atomic mass is 127. The number of nitrogens with one attached hydrogen (secondary N) is 2. The van der Waals surface area contributed by atoms with E-state index in [-0.39, 0.29) is 35.8 Å². The molecule has 2 rings (SSSR count). The van der Waals surface area contributed by atoms with E-state index in [1.165, 1.54) is 12.1 Å². The molecular weight excluding hydrogens is 470 g/mol. The maximum atomic E-state index is 13.0. The van der Waals surface area contributed by atoms with Crippen LogP contribution in [0.2, 0.25) is 0 Å². The highest BCUT2D eigenvalue weighted by Crippen LogP contribution is 2.27. The SMILES string of the molecule is CCNC(=NCc1ccc(F)cc1)NCC(c1ccccc1OC)N(C)C.I. The van der Waals surface area contributed by atoms with Crippen LogP contribution in [0, 0.1) is 5.82 Å². The van der Waals surface area contributed by atoms with Gasteiger partial charge in [0, 0.05) is 18.7 Å². The molecule has 154 valence electrons. The molecule has 7 heteroatoms. The number of aliphatic imine (C=N–C) groups is 1. The first-order chi connectivity index (χ1) is 13.0. The molecule has 0 aromatic heterocycles. The Morgan fingerprint density at radius 3 is 2.39 bits per heavy atom. The van der Waals surface area contributed by atoms with Crippen LogP contribution in [0.25, 0.3) is 0 Å². The van der Waals surface area contributed by atoms with Gasteiger partial charge >= 0.3 is 0 Å². The number of hydrogen-bond donors (Lipinski definition) is 2. The predicted octanol–water partition coefficient (Wildman–Crippen LogP) is 3.81. The van der Waals surface area contributed by atoms with E-state index in [0.29, 0.717) is 13.1 Å². The average Bonchev–Trinajstić information content (AvgIpc) is 2.67. The second-order valence-electron chi connectivity index (χ2n) is 6.42. The fourth-order valence-corrected chi connectivity index (χ4v) is 2.81. The van der Waals surface area contributed by atoms with E-state index in [4.69, 9.17) is 4.74 Å². The highest BCUT2D eigenvalue weighted by Gasteiger charge is 2.18. The average molecular weight is 500 g/mol. The van der Waals surface area contributed by atoms with Crippen LogP contribution in [0.4, 0.5) is 4.39 Å². The van der Waals surface area contributed by atoms with Gasteiger partial charge in [-0.1, -0.05) is 30.3 Å². The molecule has 2 aromatic rings. The van der Waals surface area contributed by atoms with E-state index in [9.17, 15) is 4.39 Å². The van der Waals surface area contributed by atoms with Crippen molar-refractivity contribution in [1.82, 2.24) is 15.5 Å². The standard InChI is InChI=1S/C21H29FN4O.HI/c1-5-23-21(24-14-16-10-12-17(22)13-11-16)25-15-19(26(2)3)18-8-6-7-9-20(18)27-4;/h6-13,19H,5,14-15H2,1-4H3,(H2,23,24,25);1H. The molecular formula is C21H30FIN4O. The van der Waals surface area contributed by atoms with E-state index >= 15 is 0 Å². The van der Waals surface area contributed by atoms with Crippen LogP contribution in [-0.4, -0.2) is 45.2 Å². The van der Waals surface area contributed by atoms with Crippen molar-refractivity contribution in [2.24, 2.45) is 4.99 Å². The minimum atomic E-state index is -0.238. The van der Waals surface area contributed by atoms with E-state index in [2.05, 4.69) is 26.6 Å². The Morgan fingerprint density at radius 2 is 1.79 bits per heavy atom. The van der Waals surface area contributed by atoms with Gasteiger partial charge in [0.15, 0.2) is 5.96 Å². The zero-order valence-corrected chi connectivity index (χ0v) is 19.2. The van der Waals surface area contributed by atoms with E-state index in [1.54, 1.807) is 19.2 Å². The summed E-state index contributed by atoms with van der Waals surface area (Å²) < 4.78 is 18.6. The molecule has 0 radical (unpaired) electrons. The van der Waals surface area contributed by atoms with Gasteiger partial charge in [0.25, 0.3) is 0 Å². The first-order valence-corrected chi connectivity index (χ1v) is 9.11. The molecule has 2 aromatic carbocycles. The van der Waals surface area contributed by atoms with Gasteiger partial charge in [0.2, 0.25) is 0 Å². The van der Waals surface area contributed by atoms with Crippen LogP contribution >= 0.6 is 24.0 Å². The molecule has 1 unspecified atom stereocenters. The topological polar surface area (TPSA) is 48.9 Å². The Bertz CT molecular complexity index is 737. The maximum absolute atomic E-state index is 13.0. The second kappa shape index (κ2) is 12.6. The third-order valence-corrected chi connectivity index (χ3v) is 4.26. The number of methoxy groups -OCH3 is 1. The highest BCUT2D eigenvalue weighted by molar-refractivity contribution is 14.0. The number of halogens is 2. The van der Waals surface area contributed by atoms with Crippen molar-refractivity contribution in [3.8, 4) is 5.75 Å². The van der Waals surface area contributed by atoms with Crippen molar-refractivity contribution in [2.45, 2.75) is 19.5 Å². The van der Waals surface area contributed by atoms with Crippen molar-refractivity contribution in [2.75, 3.05) is 34.3 Å². The molecule has 2 N–H and O–H groups in total. The minimum absolute atomic E-state index is 0. The summed E-state index contributed by atoms with van der Waals surface area (Å²) in [7, 11) is 5.77. The molecule has 0 aliphatic rings. The Hall–Kier alpha value is -1.87. The lowest BCUT2D eigenvalue weighted by atomic mass is 10.0.